The number of H-pyrrole nitrogens is 1. The third kappa shape index (κ3) is 4.41. The van der Waals surface area contributed by atoms with Crippen LogP contribution in [-0.2, 0) is 0 Å². The molecule has 6 heteroatoms. The van der Waals surface area contributed by atoms with Crippen molar-refractivity contribution in [3.63, 3.8) is 0 Å². The summed E-state index contributed by atoms with van der Waals surface area (Å²) < 4.78 is 0. The first-order valence-corrected chi connectivity index (χ1v) is 11.8. The number of amides is 1. The van der Waals surface area contributed by atoms with Gasteiger partial charge in [0.05, 0.1) is 0 Å². The maximum Gasteiger partial charge on any atom is 0.253 e. The second kappa shape index (κ2) is 9.31. The molecule has 174 valence electrons. The Labute approximate surface area is 200 Å². The van der Waals surface area contributed by atoms with Gasteiger partial charge in [0.1, 0.15) is 5.65 Å². The van der Waals surface area contributed by atoms with Gasteiger partial charge in [0.15, 0.2) is 0 Å². The molecule has 0 aliphatic carbocycles. The summed E-state index contributed by atoms with van der Waals surface area (Å²) in [6, 6.07) is 18.8. The molecular formula is C28H31N5O. The molecule has 34 heavy (non-hydrogen) atoms. The Bertz CT molecular complexity index is 1290. The molecule has 4 aromatic rings. The lowest BCUT2D eigenvalue weighted by Crippen LogP contribution is -2.28. The number of likely N-dealkylation sites (N-methyl/N-ethyl adjacent to an activating group) is 1. The minimum atomic E-state index is 0.00470. The van der Waals surface area contributed by atoms with Gasteiger partial charge >= 0.3 is 0 Å². The van der Waals surface area contributed by atoms with E-state index in [9.17, 15) is 4.79 Å². The van der Waals surface area contributed by atoms with Crippen LogP contribution < -0.4 is 4.90 Å². The number of anilines is 1. The lowest BCUT2D eigenvalue weighted by molar-refractivity contribution is 0.0827. The fourth-order valence-electron chi connectivity index (χ4n) is 4.62. The van der Waals surface area contributed by atoms with Crippen molar-refractivity contribution in [2.24, 2.45) is 0 Å². The van der Waals surface area contributed by atoms with Gasteiger partial charge in [-0.1, -0.05) is 24.3 Å². The number of carbonyl (C=O) groups excluding carboxylic acids is 1. The summed E-state index contributed by atoms with van der Waals surface area (Å²) in [4.78, 5) is 26.6. The lowest BCUT2D eigenvalue weighted by Gasteiger charge is -2.23. The Morgan fingerprint density at radius 3 is 2.38 bits per heavy atom. The molecule has 0 spiro atoms. The maximum absolute atomic E-state index is 12.2. The van der Waals surface area contributed by atoms with E-state index in [4.69, 9.17) is 0 Å². The minimum absolute atomic E-state index is 0.00470. The van der Waals surface area contributed by atoms with Crippen LogP contribution in [0.25, 0.3) is 33.3 Å². The number of hydrogen-bond donors (Lipinski definition) is 1. The number of carbonyl (C=O) groups is 1. The summed E-state index contributed by atoms with van der Waals surface area (Å²) in [7, 11) is 5.73. The summed E-state index contributed by atoms with van der Waals surface area (Å²) >= 11 is 0. The number of aromatic nitrogens is 2. The highest BCUT2D eigenvalue weighted by molar-refractivity contribution is 5.98. The third-order valence-corrected chi connectivity index (χ3v) is 6.67. The van der Waals surface area contributed by atoms with Crippen molar-refractivity contribution in [1.29, 1.82) is 0 Å². The predicted molar refractivity (Wildman–Crippen MR) is 139 cm³/mol. The SMILES string of the molecule is CN1CCCN(c2ccc(-c3cnc4[nH]cc(-c5ccc(C(=O)N(C)C)cc5)c4c3)cc2)CC1. The predicted octanol–water partition coefficient (Wildman–Crippen LogP) is 4.74. The number of pyridine rings is 1. The second-order valence-corrected chi connectivity index (χ2v) is 9.29. The van der Waals surface area contributed by atoms with Crippen molar-refractivity contribution in [3.8, 4) is 22.3 Å². The molecule has 1 amide bonds. The molecule has 6 nitrogen and oxygen atoms in total. The molecule has 2 aromatic carbocycles. The van der Waals surface area contributed by atoms with Gasteiger partial charge < -0.3 is 19.7 Å². The minimum Gasteiger partial charge on any atom is -0.370 e. The Morgan fingerprint density at radius 2 is 1.65 bits per heavy atom. The van der Waals surface area contributed by atoms with Crippen LogP contribution >= 0.6 is 0 Å². The number of fused-ring (bicyclic) bond motifs is 1. The summed E-state index contributed by atoms with van der Waals surface area (Å²) in [6.45, 7) is 4.43. The molecule has 1 fully saturated rings. The van der Waals surface area contributed by atoms with Crippen molar-refractivity contribution in [2.45, 2.75) is 6.42 Å². The van der Waals surface area contributed by atoms with E-state index < -0.39 is 0 Å². The van der Waals surface area contributed by atoms with Gasteiger partial charge in [-0.05, 0) is 61.5 Å². The zero-order valence-electron chi connectivity index (χ0n) is 20.1. The topological polar surface area (TPSA) is 55.5 Å². The summed E-state index contributed by atoms with van der Waals surface area (Å²) in [5, 5.41) is 1.07. The summed E-state index contributed by atoms with van der Waals surface area (Å²) in [5.74, 6) is 0.00470. The molecule has 1 saturated heterocycles. The number of nitrogens with one attached hydrogen (secondary N) is 1. The average Bonchev–Trinajstić information content (AvgIpc) is 3.16. The highest BCUT2D eigenvalue weighted by Gasteiger charge is 2.14. The van der Waals surface area contributed by atoms with E-state index in [-0.39, 0.29) is 5.91 Å². The Hall–Kier alpha value is -3.64. The van der Waals surface area contributed by atoms with Gasteiger partial charge in [-0.2, -0.15) is 0 Å². The van der Waals surface area contributed by atoms with Crippen LogP contribution in [0.4, 0.5) is 5.69 Å². The maximum atomic E-state index is 12.2. The molecular weight excluding hydrogens is 422 g/mol. The summed E-state index contributed by atoms with van der Waals surface area (Å²) in [5.41, 5.74) is 7.21. The fourth-order valence-corrected chi connectivity index (χ4v) is 4.62. The van der Waals surface area contributed by atoms with Crippen molar-refractivity contribution < 1.29 is 4.79 Å². The highest BCUT2D eigenvalue weighted by atomic mass is 16.2. The molecule has 0 radical (unpaired) electrons. The van der Waals surface area contributed by atoms with Crippen molar-refractivity contribution in [1.82, 2.24) is 19.8 Å². The molecule has 2 aromatic heterocycles. The molecule has 1 aliphatic rings. The second-order valence-electron chi connectivity index (χ2n) is 9.29. The van der Waals surface area contributed by atoms with Gasteiger partial charge in [-0.3, -0.25) is 4.79 Å². The van der Waals surface area contributed by atoms with E-state index in [0.717, 1.165) is 59.5 Å². The first kappa shape index (κ1) is 22.2. The van der Waals surface area contributed by atoms with Crippen LogP contribution in [0.1, 0.15) is 16.8 Å². The quantitative estimate of drug-likeness (QED) is 0.485. The Morgan fingerprint density at radius 1 is 0.912 bits per heavy atom. The monoisotopic (exact) mass is 453 g/mol. The normalized spacial score (nSPS) is 14.9. The Balaban J connectivity index is 1.41. The highest BCUT2D eigenvalue weighted by Crippen LogP contribution is 2.32. The van der Waals surface area contributed by atoms with Gasteiger partial charge in [-0.25, -0.2) is 4.98 Å². The molecule has 5 rings (SSSR count). The van der Waals surface area contributed by atoms with E-state index in [1.807, 2.05) is 36.7 Å². The van der Waals surface area contributed by atoms with Crippen molar-refractivity contribution in [2.75, 3.05) is 52.2 Å². The van der Waals surface area contributed by atoms with Crippen LogP contribution in [0, 0.1) is 0 Å². The van der Waals surface area contributed by atoms with E-state index in [0.29, 0.717) is 5.56 Å². The molecule has 0 saturated carbocycles. The molecule has 0 unspecified atom stereocenters. The smallest absolute Gasteiger partial charge is 0.253 e. The zero-order valence-corrected chi connectivity index (χ0v) is 20.1. The van der Waals surface area contributed by atoms with Crippen molar-refractivity contribution >= 4 is 22.6 Å². The van der Waals surface area contributed by atoms with Gasteiger partial charge in [0.25, 0.3) is 5.91 Å². The third-order valence-electron chi connectivity index (χ3n) is 6.67. The average molecular weight is 454 g/mol. The van der Waals surface area contributed by atoms with Crippen LogP contribution in [0.15, 0.2) is 67.0 Å². The molecule has 0 atom stereocenters. The van der Waals surface area contributed by atoms with E-state index in [1.54, 1.807) is 19.0 Å². The van der Waals surface area contributed by atoms with Crippen LogP contribution in [0.5, 0.6) is 0 Å². The fraction of sp³-hybridized carbons (Fsp3) is 0.286. The Kier molecular flexibility index (Phi) is 6.07. The number of rotatable bonds is 4. The van der Waals surface area contributed by atoms with E-state index >= 15 is 0 Å². The van der Waals surface area contributed by atoms with Crippen LogP contribution in [0.3, 0.4) is 0 Å². The molecule has 1 N–H and O–H groups in total. The summed E-state index contributed by atoms with van der Waals surface area (Å²) in [6.07, 6.45) is 5.11. The van der Waals surface area contributed by atoms with Crippen molar-refractivity contribution in [3.05, 3.63) is 72.6 Å². The molecule has 3 heterocycles. The van der Waals surface area contributed by atoms with Gasteiger partial charge in [0, 0.05) is 73.9 Å². The molecule has 1 aliphatic heterocycles. The number of hydrogen-bond acceptors (Lipinski definition) is 4. The first-order valence-electron chi connectivity index (χ1n) is 11.8. The molecule has 0 bridgehead atoms. The van der Waals surface area contributed by atoms with E-state index in [2.05, 4.69) is 57.1 Å². The number of benzene rings is 2. The van der Waals surface area contributed by atoms with Crippen LogP contribution in [-0.4, -0.2) is 73.0 Å². The lowest BCUT2D eigenvalue weighted by atomic mass is 10.0. The zero-order chi connectivity index (χ0) is 23.7. The number of nitrogens with zero attached hydrogens (tertiary/aromatic N) is 4. The van der Waals surface area contributed by atoms with E-state index in [1.165, 1.54) is 12.1 Å². The number of aromatic amines is 1. The largest absolute Gasteiger partial charge is 0.370 e. The van der Waals surface area contributed by atoms with Gasteiger partial charge in [-0.15, -0.1) is 0 Å². The standard InChI is InChI=1S/C28H31N5O/c1-31(2)28(34)22-7-5-21(6-8-22)26-19-30-27-25(26)17-23(18-29-27)20-9-11-24(12-10-20)33-14-4-13-32(3)15-16-33/h5-12,17-19H,4,13-16H2,1-3H3,(H,29,30). The van der Waals surface area contributed by atoms with Crippen LogP contribution in [0.2, 0.25) is 0 Å². The van der Waals surface area contributed by atoms with Gasteiger partial charge in [0.2, 0.25) is 0 Å². The first-order chi connectivity index (χ1) is 16.5.